The van der Waals surface area contributed by atoms with Crippen molar-refractivity contribution < 1.29 is 14.0 Å². The second-order valence-corrected chi connectivity index (χ2v) is 10.1. The van der Waals surface area contributed by atoms with Crippen molar-refractivity contribution in [3.05, 3.63) is 53.7 Å². The van der Waals surface area contributed by atoms with Gasteiger partial charge in [-0.1, -0.05) is 37.3 Å². The maximum absolute atomic E-state index is 13.7. The van der Waals surface area contributed by atoms with Gasteiger partial charge in [-0.2, -0.15) is 19.8 Å². The Labute approximate surface area is 193 Å². The Hall–Kier alpha value is -3.07. The molecular formula is C22H22FN5O2S2. The third-order valence-electron chi connectivity index (χ3n) is 4.40. The van der Waals surface area contributed by atoms with Crippen molar-refractivity contribution in [3.8, 4) is 27.6 Å². The molecule has 10 heteroatoms. The van der Waals surface area contributed by atoms with Crippen molar-refractivity contribution in [1.29, 1.82) is 0 Å². The lowest BCUT2D eigenvalue weighted by molar-refractivity contribution is -0.191. The minimum absolute atomic E-state index is 0.250. The number of rotatable bonds is 5. The van der Waals surface area contributed by atoms with Crippen molar-refractivity contribution in [2.24, 2.45) is 7.05 Å². The topological polar surface area (TPSA) is 82.7 Å². The molecule has 0 spiro atoms. The summed E-state index contributed by atoms with van der Waals surface area (Å²) >= 11 is 3.40. The molecule has 0 amide bonds. The number of halogens is 1. The van der Waals surface area contributed by atoms with Crippen LogP contribution in [0, 0.1) is 19.7 Å². The number of benzene rings is 1. The highest BCUT2D eigenvalue weighted by Crippen LogP contribution is 2.40. The molecular weight excluding hydrogens is 449 g/mol. The van der Waals surface area contributed by atoms with Crippen LogP contribution in [0.1, 0.15) is 25.2 Å². The molecule has 0 aliphatic carbocycles. The molecule has 3 aromatic heterocycles. The van der Waals surface area contributed by atoms with E-state index >= 15 is 0 Å². The number of carbonyl (C=O) groups excluding carboxylic acids is 2. The van der Waals surface area contributed by atoms with Crippen molar-refractivity contribution in [1.82, 2.24) is 24.5 Å². The maximum atomic E-state index is 13.7. The lowest BCUT2D eigenvalue weighted by Crippen LogP contribution is -1.97. The third-order valence-corrected chi connectivity index (χ3v) is 6.66. The largest absolute Gasteiger partial charge is 0.373 e. The van der Waals surface area contributed by atoms with E-state index in [1.807, 2.05) is 37.8 Å². The fourth-order valence-electron chi connectivity index (χ4n) is 3.18. The van der Waals surface area contributed by atoms with Gasteiger partial charge in [-0.15, -0.1) is 11.8 Å². The number of hydrogen-bond acceptors (Lipinski definition) is 7. The van der Waals surface area contributed by atoms with Crippen LogP contribution in [0.25, 0.3) is 27.6 Å². The number of thioether (sulfide) groups is 1. The molecule has 0 aliphatic rings. The average Bonchev–Trinajstić information content (AvgIpc) is 3.38. The fraction of sp³-hybridized carbons (Fsp3) is 0.273. The van der Waals surface area contributed by atoms with Gasteiger partial charge in [0, 0.05) is 24.1 Å². The Bertz CT molecular complexity index is 1270. The quantitative estimate of drug-likeness (QED) is 0.378. The van der Waals surface area contributed by atoms with Gasteiger partial charge in [0.1, 0.15) is 11.5 Å². The van der Waals surface area contributed by atoms with Gasteiger partial charge in [-0.25, -0.2) is 14.1 Å². The number of aromatic nitrogens is 5. The van der Waals surface area contributed by atoms with Crippen LogP contribution in [0.5, 0.6) is 0 Å². The smallest absolute Gasteiger partial charge is 0.266 e. The standard InChI is InChI=1S/C21H22FN5S2.CO2/c1-12(2)28-20-19(18-9-13(3)24-26(18)5)23-21(29-20)27-11-17(14(4)25-27)15-7-6-8-16(22)10-15;2-1-3/h6-12H,1-5H3;. The summed E-state index contributed by atoms with van der Waals surface area (Å²) in [7, 11) is 1.94. The zero-order valence-corrected chi connectivity index (χ0v) is 19.9. The van der Waals surface area contributed by atoms with Gasteiger partial charge in [0.2, 0.25) is 5.13 Å². The van der Waals surface area contributed by atoms with Crippen LogP contribution in [0.2, 0.25) is 0 Å². The second kappa shape index (κ2) is 10.0. The molecule has 4 aromatic rings. The number of aryl methyl sites for hydroxylation is 3. The predicted molar refractivity (Wildman–Crippen MR) is 122 cm³/mol. The van der Waals surface area contributed by atoms with Gasteiger partial charge in [0.15, 0.2) is 0 Å². The summed E-state index contributed by atoms with van der Waals surface area (Å²) in [5.41, 5.74) is 5.41. The Morgan fingerprint density at radius 1 is 1.16 bits per heavy atom. The summed E-state index contributed by atoms with van der Waals surface area (Å²) in [6, 6.07) is 8.63. The van der Waals surface area contributed by atoms with Gasteiger partial charge in [0.25, 0.3) is 0 Å². The summed E-state index contributed by atoms with van der Waals surface area (Å²) in [4.78, 5) is 21.2. The molecule has 0 aliphatic heterocycles. The third kappa shape index (κ3) is 5.21. The van der Waals surface area contributed by atoms with E-state index in [2.05, 4.69) is 30.1 Å². The average molecular weight is 472 g/mol. The summed E-state index contributed by atoms with van der Waals surface area (Å²) in [5, 5.41) is 10.3. The molecule has 4 rings (SSSR count). The molecule has 1 aromatic carbocycles. The van der Waals surface area contributed by atoms with Crippen LogP contribution < -0.4 is 0 Å². The van der Waals surface area contributed by atoms with Crippen molar-refractivity contribution in [3.63, 3.8) is 0 Å². The van der Waals surface area contributed by atoms with Crippen LogP contribution in [0.15, 0.2) is 40.7 Å². The molecule has 7 nitrogen and oxygen atoms in total. The first-order valence-corrected chi connectivity index (χ1v) is 11.4. The minimum atomic E-state index is -0.256. The Morgan fingerprint density at radius 3 is 2.47 bits per heavy atom. The van der Waals surface area contributed by atoms with E-state index in [1.54, 1.807) is 33.8 Å². The Balaban J connectivity index is 0.000000913. The maximum Gasteiger partial charge on any atom is 0.373 e. The monoisotopic (exact) mass is 471 g/mol. The molecule has 166 valence electrons. The summed E-state index contributed by atoms with van der Waals surface area (Å²) < 4.78 is 18.5. The Kier molecular flexibility index (Phi) is 7.40. The highest BCUT2D eigenvalue weighted by Gasteiger charge is 2.20. The SMILES string of the molecule is Cc1cc(-c2nc(-n3cc(-c4cccc(F)c4)c(C)n3)sc2SC(C)C)n(C)n1.O=C=O. The highest BCUT2D eigenvalue weighted by molar-refractivity contribution is 8.01. The van der Waals surface area contributed by atoms with Crippen LogP contribution >= 0.6 is 23.1 Å². The van der Waals surface area contributed by atoms with Gasteiger partial charge < -0.3 is 0 Å². The lowest BCUT2D eigenvalue weighted by atomic mass is 10.1. The van der Waals surface area contributed by atoms with Crippen molar-refractivity contribution >= 4 is 29.3 Å². The van der Waals surface area contributed by atoms with Crippen molar-refractivity contribution in [2.45, 2.75) is 37.2 Å². The van der Waals surface area contributed by atoms with Gasteiger partial charge in [-0.3, -0.25) is 4.68 Å². The summed E-state index contributed by atoms with van der Waals surface area (Å²) in [6.45, 7) is 8.25. The first-order valence-electron chi connectivity index (χ1n) is 9.73. The fourth-order valence-corrected chi connectivity index (χ4v) is 5.60. The highest BCUT2D eigenvalue weighted by atomic mass is 32.2. The van der Waals surface area contributed by atoms with E-state index in [9.17, 15) is 4.39 Å². The van der Waals surface area contributed by atoms with E-state index < -0.39 is 0 Å². The summed E-state index contributed by atoms with van der Waals surface area (Å²) in [5.74, 6) is -0.256. The van der Waals surface area contributed by atoms with Crippen LogP contribution in [-0.2, 0) is 16.6 Å². The number of thiazole rings is 1. The van der Waals surface area contributed by atoms with Crippen molar-refractivity contribution in [2.75, 3.05) is 0 Å². The molecule has 0 saturated heterocycles. The molecule has 32 heavy (non-hydrogen) atoms. The van der Waals surface area contributed by atoms with Crippen LogP contribution in [-0.4, -0.2) is 35.9 Å². The number of nitrogens with zero attached hydrogens (tertiary/aromatic N) is 5. The first-order chi connectivity index (χ1) is 15.2. The zero-order valence-electron chi connectivity index (χ0n) is 18.3. The van der Waals surface area contributed by atoms with E-state index in [1.165, 1.54) is 12.1 Å². The molecule has 0 N–H and O–H groups in total. The summed E-state index contributed by atoms with van der Waals surface area (Å²) in [6.07, 6.45) is 2.17. The van der Waals surface area contributed by atoms with Gasteiger partial charge in [-0.05, 0) is 37.6 Å². The molecule has 3 heterocycles. The van der Waals surface area contributed by atoms with E-state index in [0.717, 1.165) is 43.2 Å². The van der Waals surface area contributed by atoms with Gasteiger partial charge >= 0.3 is 6.15 Å². The predicted octanol–water partition coefficient (Wildman–Crippen LogP) is 5.07. The first kappa shape index (κ1) is 23.6. The van der Waals surface area contributed by atoms with E-state index in [4.69, 9.17) is 14.6 Å². The van der Waals surface area contributed by atoms with Crippen LogP contribution in [0.3, 0.4) is 0 Å². The lowest BCUT2D eigenvalue weighted by Gasteiger charge is -2.04. The second-order valence-electron chi connectivity index (χ2n) is 7.26. The zero-order chi connectivity index (χ0) is 23.4. The molecule has 0 atom stereocenters. The minimum Gasteiger partial charge on any atom is -0.266 e. The molecule has 0 bridgehead atoms. The molecule has 0 radical (unpaired) electrons. The van der Waals surface area contributed by atoms with E-state index in [0.29, 0.717) is 5.25 Å². The Morgan fingerprint density at radius 2 is 1.88 bits per heavy atom. The number of hydrogen-bond donors (Lipinski definition) is 0. The molecule has 0 fully saturated rings. The normalized spacial score (nSPS) is 10.7. The molecule has 0 saturated carbocycles. The molecule has 0 unspecified atom stereocenters. The van der Waals surface area contributed by atoms with Crippen LogP contribution in [0.4, 0.5) is 4.39 Å². The van der Waals surface area contributed by atoms with E-state index in [-0.39, 0.29) is 12.0 Å². The van der Waals surface area contributed by atoms with Gasteiger partial charge in [0.05, 0.1) is 21.3 Å².